The fourth-order valence-electron chi connectivity index (χ4n) is 0.603. The molecule has 0 saturated carbocycles. The quantitative estimate of drug-likeness (QED) is 0.555. The average molecular weight is 299 g/mol. The molecule has 0 aliphatic carbocycles. The fourth-order valence-corrected chi connectivity index (χ4v) is 2.73. The minimum absolute atomic E-state index is 0.157. The van der Waals surface area contributed by atoms with Crippen molar-refractivity contribution in [3.05, 3.63) is 0 Å². The molecule has 0 bridgehead atoms. The highest BCUT2D eigenvalue weighted by atomic mass is 33.1. The van der Waals surface area contributed by atoms with Crippen LogP contribution in [0.2, 0.25) is 0 Å². The molecule has 0 spiro atoms. The molecule has 0 aliphatic heterocycles. The Morgan fingerprint density at radius 2 is 1.25 bits per heavy atom. The zero-order valence-electron chi connectivity index (χ0n) is 10.0. The Hall–Kier alpha value is 0.480. The maximum atomic E-state index is 5.44. The molecule has 0 radical (unpaired) electrons. The van der Waals surface area contributed by atoms with Gasteiger partial charge in [0.05, 0.1) is 12.2 Å². The number of thiocarbonyl (C=S) groups is 2. The van der Waals surface area contributed by atoms with Gasteiger partial charge in [-0.05, 0) is 51.1 Å². The summed E-state index contributed by atoms with van der Waals surface area (Å²) in [5.41, 5.74) is 0. The predicted octanol–water partition coefficient (Wildman–Crippen LogP) is 4.57. The summed E-state index contributed by atoms with van der Waals surface area (Å²) in [5, 5.41) is 0. The van der Waals surface area contributed by atoms with Crippen molar-refractivity contribution in [3.8, 4) is 0 Å². The van der Waals surface area contributed by atoms with Crippen molar-refractivity contribution >= 4 is 54.8 Å². The van der Waals surface area contributed by atoms with Gasteiger partial charge in [0.1, 0.15) is 0 Å². The van der Waals surface area contributed by atoms with Crippen LogP contribution in [0.25, 0.3) is 0 Å². The molecule has 94 valence electrons. The monoisotopic (exact) mass is 298 g/mol. The van der Waals surface area contributed by atoms with Gasteiger partial charge in [0.15, 0.2) is 0 Å². The van der Waals surface area contributed by atoms with Crippen LogP contribution in [0.4, 0.5) is 0 Å². The Labute approximate surface area is 117 Å². The highest BCUT2D eigenvalue weighted by molar-refractivity contribution is 8.89. The largest absolute Gasteiger partial charge is 0.475 e. The first-order valence-electron chi connectivity index (χ1n) is 5.25. The van der Waals surface area contributed by atoms with Crippen LogP contribution in [-0.2, 0) is 9.47 Å². The molecule has 0 saturated heterocycles. The van der Waals surface area contributed by atoms with Gasteiger partial charge in [-0.15, -0.1) is 0 Å². The van der Waals surface area contributed by atoms with Crippen molar-refractivity contribution in [3.63, 3.8) is 0 Å². The van der Waals surface area contributed by atoms with Crippen molar-refractivity contribution in [2.75, 3.05) is 0 Å². The minimum Gasteiger partial charge on any atom is -0.475 e. The van der Waals surface area contributed by atoms with Gasteiger partial charge >= 0.3 is 0 Å². The Morgan fingerprint density at radius 3 is 1.50 bits per heavy atom. The van der Waals surface area contributed by atoms with Crippen LogP contribution >= 0.6 is 46.0 Å². The van der Waals surface area contributed by atoms with Crippen molar-refractivity contribution in [2.45, 2.75) is 52.7 Å². The lowest BCUT2D eigenvalue weighted by Crippen LogP contribution is -2.10. The molecular formula is C10H18O2S4. The van der Waals surface area contributed by atoms with E-state index in [4.69, 9.17) is 33.9 Å². The normalized spacial score (nSPS) is 14.0. The Balaban J connectivity index is 3.71. The van der Waals surface area contributed by atoms with Gasteiger partial charge in [-0.3, -0.25) is 0 Å². The lowest BCUT2D eigenvalue weighted by Gasteiger charge is -2.14. The van der Waals surface area contributed by atoms with E-state index in [2.05, 4.69) is 13.8 Å². The molecule has 0 rings (SSSR count). The summed E-state index contributed by atoms with van der Waals surface area (Å²) < 4.78 is 11.9. The van der Waals surface area contributed by atoms with Gasteiger partial charge in [-0.1, -0.05) is 13.8 Å². The van der Waals surface area contributed by atoms with Crippen LogP contribution in [0.5, 0.6) is 0 Å². The molecule has 0 aromatic rings. The molecule has 0 heterocycles. The maximum absolute atomic E-state index is 5.44. The summed E-state index contributed by atoms with van der Waals surface area (Å²) >= 11 is 10.1. The van der Waals surface area contributed by atoms with Crippen LogP contribution in [0.1, 0.15) is 40.5 Å². The van der Waals surface area contributed by atoms with Crippen LogP contribution in [0, 0.1) is 0 Å². The third-order valence-electron chi connectivity index (χ3n) is 1.92. The Morgan fingerprint density at radius 1 is 0.938 bits per heavy atom. The summed E-state index contributed by atoms with van der Waals surface area (Å²) in [4.78, 5) is 0. The molecule has 0 amide bonds. The second-order valence-corrected chi connectivity index (χ2v) is 6.67. The van der Waals surface area contributed by atoms with Gasteiger partial charge in [0.25, 0.3) is 0 Å². The van der Waals surface area contributed by atoms with E-state index in [1.807, 2.05) is 13.8 Å². The van der Waals surface area contributed by atoms with Crippen LogP contribution in [-0.4, -0.2) is 21.0 Å². The molecule has 0 aromatic carbocycles. The van der Waals surface area contributed by atoms with E-state index in [-0.39, 0.29) is 12.2 Å². The molecule has 0 N–H and O–H groups in total. The first-order valence-corrected chi connectivity index (χ1v) is 8.21. The zero-order valence-corrected chi connectivity index (χ0v) is 13.3. The number of ether oxygens (including phenoxy) is 2. The topological polar surface area (TPSA) is 18.5 Å². The second kappa shape index (κ2) is 9.50. The van der Waals surface area contributed by atoms with Gasteiger partial charge < -0.3 is 9.47 Å². The highest BCUT2D eigenvalue weighted by Crippen LogP contribution is 2.27. The minimum atomic E-state index is 0.157. The van der Waals surface area contributed by atoms with Crippen LogP contribution in [0.3, 0.4) is 0 Å². The third kappa shape index (κ3) is 8.61. The molecule has 0 aromatic heterocycles. The number of hydrogen-bond donors (Lipinski definition) is 0. The smallest absolute Gasteiger partial charge is 0.231 e. The first-order chi connectivity index (χ1) is 7.49. The lowest BCUT2D eigenvalue weighted by atomic mass is 10.3. The first kappa shape index (κ1) is 16.5. The van der Waals surface area contributed by atoms with E-state index < -0.39 is 0 Å². The van der Waals surface area contributed by atoms with Gasteiger partial charge in [0.2, 0.25) is 8.77 Å². The molecule has 0 aliphatic rings. The molecule has 2 nitrogen and oxygen atoms in total. The SMILES string of the molecule is CCC(C)OC(=S)SSC(=S)OC(C)CC. The average Bonchev–Trinajstić information content (AvgIpc) is 2.26. The lowest BCUT2D eigenvalue weighted by molar-refractivity contribution is 0.216. The Bertz CT molecular complexity index is 209. The van der Waals surface area contributed by atoms with Gasteiger partial charge in [-0.2, -0.15) is 0 Å². The molecular weight excluding hydrogens is 280 g/mol. The fraction of sp³-hybridized carbons (Fsp3) is 0.800. The summed E-state index contributed by atoms with van der Waals surface area (Å²) in [6.45, 7) is 8.10. The summed E-state index contributed by atoms with van der Waals surface area (Å²) in [6.07, 6.45) is 2.20. The van der Waals surface area contributed by atoms with E-state index in [1.54, 1.807) is 0 Å². The van der Waals surface area contributed by atoms with E-state index in [1.165, 1.54) is 21.6 Å². The summed E-state index contributed by atoms with van der Waals surface area (Å²) in [5.74, 6) is 0. The standard InChI is InChI=1S/C10H18O2S4/c1-5-7(3)11-9(13)15-16-10(14)12-8(4)6-2/h7-8H,5-6H2,1-4H3. The highest BCUT2D eigenvalue weighted by Gasteiger charge is 2.09. The molecule has 2 atom stereocenters. The van der Waals surface area contributed by atoms with E-state index >= 15 is 0 Å². The van der Waals surface area contributed by atoms with Gasteiger partial charge in [0, 0.05) is 21.6 Å². The third-order valence-corrected chi connectivity index (χ3v) is 4.95. The second-order valence-electron chi connectivity index (χ2n) is 3.34. The van der Waals surface area contributed by atoms with Crippen molar-refractivity contribution in [1.82, 2.24) is 0 Å². The molecule has 6 heteroatoms. The molecule has 2 unspecified atom stereocenters. The van der Waals surface area contributed by atoms with Crippen molar-refractivity contribution in [1.29, 1.82) is 0 Å². The van der Waals surface area contributed by atoms with E-state index in [0.29, 0.717) is 8.77 Å². The van der Waals surface area contributed by atoms with Crippen molar-refractivity contribution < 1.29 is 9.47 Å². The van der Waals surface area contributed by atoms with Crippen LogP contribution in [0.15, 0.2) is 0 Å². The number of hydrogen-bond acceptors (Lipinski definition) is 6. The predicted molar refractivity (Wildman–Crippen MR) is 82.1 cm³/mol. The van der Waals surface area contributed by atoms with Crippen LogP contribution < -0.4 is 0 Å². The zero-order chi connectivity index (χ0) is 12.6. The van der Waals surface area contributed by atoms with Crippen molar-refractivity contribution in [2.24, 2.45) is 0 Å². The maximum Gasteiger partial charge on any atom is 0.231 e. The van der Waals surface area contributed by atoms with E-state index in [9.17, 15) is 0 Å². The molecule has 16 heavy (non-hydrogen) atoms. The Kier molecular flexibility index (Phi) is 9.79. The summed E-state index contributed by atoms with van der Waals surface area (Å²) in [7, 11) is 2.68. The summed E-state index contributed by atoms with van der Waals surface area (Å²) in [6, 6.07) is 0. The van der Waals surface area contributed by atoms with Gasteiger partial charge in [-0.25, -0.2) is 0 Å². The molecule has 0 fully saturated rings. The van der Waals surface area contributed by atoms with E-state index in [0.717, 1.165) is 12.8 Å². The number of rotatable bonds is 4.